The van der Waals surface area contributed by atoms with E-state index in [0.717, 1.165) is 48.8 Å². The molecule has 0 aliphatic carbocycles. The van der Waals surface area contributed by atoms with E-state index in [1.54, 1.807) is 6.26 Å². The maximum atomic E-state index is 12.2. The van der Waals surface area contributed by atoms with Gasteiger partial charge in [-0.05, 0) is 44.2 Å². The molecule has 1 aliphatic heterocycles. The third kappa shape index (κ3) is 3.17. The number of carbonyl (C=O) groups excluding carboxylic acids is 1. The van der Waals surface area contributed by atoms with Crippen molar-refractivity contribution in [3.05, 3.63) is 53.7 Å². The lowest BCUT2D eigenvalue weighted by atomic mass is 10.1. The summed E-state index contributed by atoms with van der Waals surface area (Å²) in [6, 6.07) is 9.80. The number of nitrogens with zero attached hydrogens (tertiary/aromatic N) is 3. The van der Waals surface area contributed by atoms with E-state index >= 15 is 0 Å². The minimum absolute atomic E-state index is 0.0534. The van der Waals surface area contributed by atoms with E-state index in [2.05, 4.69) is 14.8 Å². The van der Waals surface area contributed by atoms with Gasteiger partial charge in [0.2, 0.25) is 0 Å². The molecule has 3 heterocycles. The predicted molar refractivity (Wildman–Crippen MR) is 95.2 cm³/mol. The molecule has 0 bridgehead atoms. The minimum atomic E-state index is -0.0534. The third-order valence-corrected chi connectivity index (χ3v) is 4.47. The highest BCUT2D eigenvalue weighted by atomic mass is 16.3. The van der Waals surface area contributed by atoms with Gasteiger partial charge in [-0.15, -0.1) is 0 Å². The van der Waals surface area contributed by atoms with Crippen LogP contribution in [0.5, 0.6) is 0 Å². The zero-order chi connectivity index (χ0) is 17.4. The first-order chi connectivity index (χ1) is 12.1. The molecule has 2 aromatic heterocycles. The zero-order valence-corrected chi connectivity index (χ0v) is 14.5. The fraction of sp³-hybridized carbons (Fsp3) is 0.368. The van der Waals surface area contributed by atoms with Crippen molar-refractivity contribution in [1.82, 2.24) is 19.8 Å². The van der Waals surface area contributed by atoms with Crippen molar-refractivity contribution in [3.63, 3.8) is 0 Å². The first-order valence-electron chi connectivity index (χ1n) is 8.65. The molecule has 0 radical (unpaired) electrons. The molecule has 4 rings (SSSR count). The Labute approximate surface area is 146 Å². The molecule has 0 saturated carbocycles. The third-order valence-electron chi connectivity index (χ3n) is 4.47. The lowest BCUT2D eigenvalue weighted by Crippen LogP contribution is -2.33. The quantitative estimate of drug-likeness (QED) is 0.794. The summed E-state index contributed by atoms with van der Waals surface area (Å²) in [7, 11) is 0. The average Bonchev–Trinajstić information content (AvgIpc) is 3.20. The number of rotatable bonds is 4. The molecular weight excluding hydrogens is 316 g/mol. The summed E-state index contributed by atoms with van der Waals surface area (Å²) in [5.74, 6) is 1.95. The molecule has 25 heavy (non-hydrogen) atoms. The van der Waals surface area contributed by atoms with Crippen LogP contribution >= 0.6 is 0 Å². The van der Waals surface area contributed by atoms with Gasteiger partial charge in [0, 0.05) is 24.7 Å². The molecule has 0 atom stereocenters. The summed E-state index contributed by atoms with van der Waals surface area (Å²) < 4.78 is 7.69. The summed E-state index contributed by atoms with van der Waals surface area (Å²) >= 11 is 0. The molecule has 6 nitrogen and oxygen atoms in total. The molecule has 6 heteroatoms. The van der Waals surface area contributed by atoms with E-state index in [1.807, 2.05) is 44.2 Å². The fourth-order valence-electron chi connectivity index (χ4n) is 3.32. The van der Waals surface area contributed by atoms with Crippen molar-refractivity contribution < 1.29 is 9.21 Å². The first kappa shape index (κ1) is 15.9. The SMILES string of the molecule is CC(C)NC(=O)c1ccc2c(c1)nc1n2CCN(Cc2ccco2)C1. The molecule has 3 aromatic rings. The molecule has 0 saturated heterocycles. The Kier molecular flexibility index (Phi) is 4.05. The number of hydrogen-bond donors (Lipinski definition) is 1. The van der Waals surface area contributed by atoms with Crippen molar-refractivity contribution >= 4 is 16.9 Å². The van der Waals surface area contributed by atoms with Gasteiger partial charge in [-0.25, -0.2) is 4.98 Å². The normalized spacial score (nSPS) is 14.8. The van der Waals surface area contributed by atoms with E-state index in [9.17, 15) is 4.79 Å². The Bertz CT molecular complexity index is 896. The Morgan fingerprint density at radius 3 is 2.96 bits per heavy atom. The van der Waals surface area contributed by atoms with Crippen LogP contribution in [-0.4, -0.2) is 32.9 Å². The largest absolute Gasteiger partial charge is 0.468 e. The highest BCUT2D eigenvalue weighted by Crippen LogP contribution is 2.23. The number of carbonyl (C=O) groups is 1. The second-order valence-electron chi connectivity index (χ2n) is 6.80. The molecular formula is C19H22N4O2. The molecule has 0 fully saturated rings. The molecule has 1 aliphatic rings. The van der Waals surface area contributed by atoms with Gasteiger partial charge in [-0.2, -0.15) is 0 Å². The molecule has 1 N–H and O–H groups in total. The summed E-state index contributed by atoms with van der Waals surface area (Å²) in [6.07, 6.45) is 1.71. The Morgan fingerprint density at radius 2 is 2.20 bits per heavy atom. The average molecular weight is 338 g/mol. The van der Waals surface area contributed by atoms with Crippen LogP contribution in [0.4, 0.5) is 0 Å². The van der Waals surface area contributed by atoms with Crippen LogP contribution in [0.1, 0.15) is 35.8 Å². The summed E-state index contributed by atoms with van der Waals surface area (Å²) in [5.41, 5.74) is 2.63. The molecule has 0 unspecified atom stereocenters. The van der Waals surface area contributed by atoms with Crippen LogP contribution < -0.4 is 5.32 Å². The number of furan rings is 1. The molecule has 0 spiro atoms. The lowest BCUT2D eigenvalue weighted by Gasteiger charge is -2.26. The number of benzene rings is 1. The number of fused-ring (bicyclic) bond motifs is 3. The Hall–Kier alpha value is -2.60. The van der Waals surface area contributed by atoms with E-state index < -0.39 is 0 Å². The predicted octanol–water partition coefficient (Wildman–Crippen LogP) is 2.78. The van der Waals surface area contributed by atoms with Crippen molar-refractivity contribution in [3.8, 4) is 0 Å². The second kappa shape index (κ2) is 6.37. The van der Waals surface area contributed by atoms with E-state index in [1.165, 1.54) is 0 Å². The van der Waals surface area contributed by atoms with Crippen LogP contribution in [0.15, 0.2) is 41.0 Å². The van der Waals surface area contributed by atoms with Gasteiger partial charge in [0.25, 0.3) is 5.91 Å². The van der Waals surface area contributed by atoms with E-state index in [4.69, 9.17) is 9.40 Å². The minimum Gasteiger partial charge on any atom is -0.468 e. The van der Waals surface area contributed by atoms with Crippen LogP contribution in [0.3, 0.4) is 0 Å². The van der Waals surface area contributed by atoms with Crippen LogP contribution in [-0.2, 0) is 19.6 Å². The van der Waals surface area contributed by atoms with Gasteiger partial charge in [-0.1, -0.05) is 0 Å². The molecule has 1 aromatic carbocycles. The number of imidazole rings is 1. The smallest absolute Gasteiger partial charge is 0.251 e. The van der Waals surface area contributed by atoms with Gasteiger partial charge >= 0.3 is 0 Å². The second-order valence-corrected chi connectivity index (χ2v) is 6.80. The number of amides is 1. The van der Waals surface area contributed by atoms with Crippen molar-refractivity contribution in [1.29, 1.82) is 0 Å². The number of hydrogen-bond acceptors (Lipinski definition) is 4. The summed E-state index contributed by atoms with van der Waals surface area (Å²) in [5, 5.41) is 2.93. The van der Waals surface area contributed by atoms with E-state index in [-0.39, 0.29) is 11.9 Å². The highest BCUT2D eigenvalue weighted by molar-refractivity contribution is 5.97. The maximum Gasteiger partial charge on any atom is 0.251 e. The highest BCUT2D eigenvalue weighted by Gasteiger charge is 2.21. The topological polar surface area (TPSA) is 63.3 Å². The number of aromatic nitrogens is 2. The van der Waals surface area contributed by atoms with Crippen molar-refractivity contribution in [2.75, 3.05) is 6.54 Å². The van der Waals surface area contributed by atoms with Gasteiger partial charge < -0.3 is 14.3 Å². The van der Waals surface area contributed by atoms with Gasteiger partial charge in [0.15, 0.2) is 0 Å². The summed E-state index contributed by atoms with van der Waals surface area (Å²) in [4.78, 5) is 19.3. The monoisotopic (exact) mass is 338 g/mol. The van der Waals surface area contributed by atoms with Crippen molar-refractivity contribution in [2.45, 2.75) is 39.5 Å². The van der Waals surface area contributed by atoms with Gasteiger partial charge in [-0.3, -0.25) is 9.69 Å². The maximum absolute atomic E-state index is 12.2. The summed E-state index contributed by atoms with van der Waals surface area (Å²) in [6.45, 7) is 7.33. The van der Waals surface area contributed by atoms with Crippen LogP contribution in [0, 0.1) is 0 Å². The number of nitrogens with one attached hydrogen (secondary N) is 1. The standard InChI is InChI=1S/C19H22N4O2/c1-13(2)20-19(24)14-5-6-17-16(10-14)21-18-12-22(7-8-23(17)18)11-15-4-3-9-25-15/h3-6,9-10,13H,7-8,11-12H2,1-2H3,(H,20,24). The lowest BCUT2D eigenvalue weighted by molar-refractivity contribution is 0.0943. The Balaban J connectivity index is 1.58. The first-order valence-corrected chi connectivity index (χ1v) is 8.65. The van der Waals surface area contributed by atoms with Crippen LogP contribution in [0.2, 0.25) is 0 Å². The van der Waals surface area contributed by atoms with Gasteiger partial charge in [0.05, 0.1) is 30.4 Å². The zero-order valence-electron chi connectivity index (χ0n) is 14.5. The Morgan fingerprint density at radius 1 is 1.32 bits per heavy atom. The molecule has 1 amide bonds. The van der Waals surface area contributed by atoms with E-state index in [0.29, 0.717) is 5.56 Å². The van der Waals surface area contributed by atoms with Gasteiger partial charge in [0.1, 0.15) is 11.6 Å². The fourth-order valence-corrected chi connectivity index (χ4v) is 3.32. The van der Waals surface area contributed by atoms with Crippen LogP contribution in [0.25, 0.3) is 11.0 Å². The van der Waals surface area contributed by atoms with Crippen molar-refractivity contribution in [2.24, 2.45) is 0 Å². The molecule has 130 valence electrons.